The average Bonchev–Trinajstić information content (AvgIpc) is 3.06. The predicted molar refractivity (Wildman–Crippen MR) is 109 cm³/mol. The van der Waals surface area contributed by atoms with Crippen LogP contribution in [-0.4, -0.2) is 35.0 Å². The number of piperidine rings is 1. The van der Waals surface area contributed by atoms with Crippen molar-refractivity contribution in [3.63, 3.8) is 0 Å². The van der Waals surface area contributed by atoms with Crippen molar-refractivity contribution in [2.75, 3.05) is 18.4 Å². The highest BCUT2D eigenvalue weighted by atomic mass is 79.9. The van der Waals surface area contributed by atoms with Crippen LogP contribution in [0.25, 0.3) is 0 Å². The zero-order valence-corrected chi connectivity index (χ0v) is 17.5. The minimum absolute atomic E-state index is 0.194. The fourth-order valence-electron chi connectivity index (χ4n) is 2.86. The molecule has 5 nitrogen and oxygen atoms in total. The predicted octanol–water partition coefficient (Wildman–Crippen LogP) is 4.54. The Kier molecular flexibility index (Phi) is 6.67. The molecule has 1 fully saturated rings. The van der Waals surface area contributed by atoms with Gasteiger partial charge in [-0.1, -0.05) is 22.9 Å². The van der Waals surface area contributed by atoms with Gasteiger partial charge in [0.2, 0.25) is 0 Å². The lowest BCUT2D eigenvalue weighted by molar-refractivity contribution is -0.122. The van der Waals surface area contributed by atoms with Crippen molar-refractivity contribution in [2.24, 2.45) is 5.92 Å². The molecule has 1 N–H and O–H groups in total. The fourth-order valence-corrected chi connectivity index (χ4v) is 3.83. The summed E-state index contributed by atoms with van der Waals surface area (Å²) in [7, 11) is 0. The van der Waals surface area contributed by atoms with Gasteiger partial charge in [-0.05, 0) is 63.0 Å². The minimum Gasteiger partial charge on any atom is -0.481 e. The van der Waals surface area contributed by atoms with Crippen molar-refractivity contribution in [2.45, 2.75) is 39.3 Å². The highest BCUT2D eigenvalue weighted by Gasteiger charge is 2.19. The lowest BCUT2D eigenvalue weighted by atomic mass is 9.99. The molecule has 3 rings (SSSR count). The van der Waals surface area contributed by atoms with Crippen LogP contribution in [0, 0.1) is 5.92 Å². The van der Waals surface area contributed by atoms with Crippen LogP contribution in [0.4, 0.5) is 5.13 Å². The normalized spacial score (nSPS) is 17.0. The number of benzene rings is 1. The Bertz CT molecular complexity index is 727. The van der Waals surface area contributed by atoms with Gasteiger partial charge in [-0.2, -0.15) is 0 Å². The average molecular weight is 438 g/mol. The van der Waals surface area contributed by atoms with E-state index in [1.807, 2.05) is 29.6 Å². The number of carbonyl (C=O) groups excluding carboxylic acids is 1. The SMILES string of the molecule is CC1CCN(Cc2csc(NC(=O)[C@H](C)Oc3ccc(Br)cc3)n2)CC1. The van der Waals surface area contributed by atoms with Gasteiger partial charge in [-0.15, -0.1) is 11.3 Å². The molecule has 140 valence electrons. The number of likely N-dealkylation sites (tertiary alicyclic amines) is 1. The van der Waals surface area contributed by atoms with Gasteiger partial charge >= 0.3 is 0 Å². The van der Waals surface area contributed by atoms with E-state index in [1.165, 1.54) is 24.2 Å². The molecule has 26 heavy (non-hydrogen) atoms. The van der Waals surface area contributed by atoms with Gasteiger partial charge in [-0.25, -0.2) is 4.98 Å². The first-order valence-corrected chi connectivity index (χ1v) is 10.6. The summed E-state index contributed by atoms with van der Waals surface area (Å²) in [6.07, 6.45) is 1.91. The first-order chi connectivity index (χ1) is 12.5. The largest absolute Gasteiger partial charge is 0.481 e. The summed E-state index contributed by atoms with van der Waals surface area (Å²) in [5, 5.41) is 5.50. The molecule has 1 aliphatic rings. The molecule has 1 aromatic carbocycles. The number of thiazole rings is 1. The summed E-state index contributed by atoms with van der Waals surface area (Å²) >= 11 is 4.84. The Morgan fingerprint density at radius 3 is 2.77 bits per heavy atom. The van der Waals surface area contributed by atoms with Crippen molar-refractivity contribution in [3.8, 4) is 5.75 Å². The van der Waals surface area contributed by atoms with E-state index in [9.17, 15) is 4.79 Å². The summed E-state index contributed by atoms with van der Waals surface area (Å²) in [6.45, 7) is 7.15. The van der Waals surface area contributed by atoms with Crippen LogP contribution >= 0.6 is 27.3 Å². The Labute approximate surface area is 166 Å². The van der Waals surface area contributed by atoms with Crippen LogP contribution in [0.5, 0.6) is 5.75 Å². The Balaban J connectivity index is 1.49. The maximum absolute atomic E-state index is 12.3. The number of nitrogens with one attached hydrogen (secondary N) is 1. The van der Waals surface area contributed by atoms with E-state index >= 15 is 0 Å². The van der Waals surface area contributed by atoms with Crippen LogP contribution < -0.4 is 10.1 Å². The number of hydrogen-bond acceptors (Lipinski definition) is 5. The summed E-state index contributed by atoms with van der Waals surface area (Å²) in [6, 6.07) is 7.42. The third-order valence-corrected chi connectivity index (χ3v) is 5.87. The van der Waals surface area contributed by atoms with E-state index in [0.29, 0.717) is 10.9 Å². The van der Waals surface area contributed by atoms with Gasteiger partial charge in [-0.3, -0.25) is 15.0 Å². The number of aromatic nitrogens is 1. The molecule has 2 aromatic rings. The van der Waals surface area contributed by atoms with E-state index in [4.69, 9.17) is 4.74 Å². The van der Waals surface area contributed by atoms with Gasteiger partial charge in [0.25, 0.3) is 5.91 Å². The Hall–Kier alpha value is -1.44. The number of ether oxygens (including phenoxy) is 1. The monoisotopic (exact) mass is 437 g/mol. The quantitative estimate of drug-likeness (QED) is 0.720. The number of hydrogen-bond donors (Lipinski definition) is 1. The summed E-state index contributed by atoms with van der Waals surface area (Å²) in [4.78, 5) is 19.3. The smallest absolute Gasteiger partial charge is 0.266 e. The molecule has 0 saturated carbocycles. The summed E-state index contributed by atoms with van der Waals surface area (Å²) in [5.41, 5.74) is 1.02. The van der Waals surface area contributed by atoms with Gasteiger partial charge in [0.05, 0.1) is 5.69 Å². The molecule has 2 heterocycles. The number of nitrogens with zero attached hydrogens (tertiary/aromatic N) is 2. The first-order valence-electron chi connectivity index (χ1n) is 8.89. The maximum Gasteiger partial charge on any atom is 0.266 e. The molecule has 0 aliphatic carbocycles. The number of halogens is 1. The molecular formula is C19H24BrN3O2S. The molecule has 1 atom stereocenters. The highest BCUT2D eigenvalue weighted by molar-refractivity contribution is 9.10. The molecule has 1 saturated heterocycles. The third-order valence-electron chi connectivity index (χ3n) is 4.54. The molecule has 1 aromatic heterocycles. The number of amides is 1. The van der Waals surface area contributed by atoms with Crippen LogP contribution in [0.15, 0.2) is 34.1 Å². The molecule has 7 heteroatoms. The van der Waals surface area contributed by atoms with Crippen molar-refractivity contribution >= 4 is 38.3 Å². The van der Waals surface area contributed by atoms with Crippen molar-refractivity contribution in [3.05, 3.63) is 39.8 Å². The van der Waals surface area contributed by atoms with E-state index in [-0.39, 0.29) is 5.91 Å². The minimum atomic E-state index is -0.591. The van der Waals surface area contributed by atoms with Gasteiger partial charge < -0.3 is 4.74 Å². The lowest BCUT2D eigenvalue weighted by Gasteiger charge is -2.29. The second-order valence-electron chi connectivity index (χ2n) is 6.81. The molecule has 0 bridgehead atoms. The van der Waals surface area contributed by atoms with Crippen LogP contribution in [-0.2, 0) is 11.3 Å². The van der Waals surface area contributed by atoms with E-state index in [0.717, 1.165) is 35.7 Å². The van der Waals surface area contributed by atoms with Crippen molar-refractivity contribution in [1.82, 2.24) is 9.88 Å². The standard InChI is InChI=1S/C19H24BrN3O2S/c1-13-7-9-23(10-8-13)11-16-12-26-19(21-16)22-18(24)14(2)25-17-5-3-15(20)4-6-17/h3-6,12-14H,7-11H2,1-2H3,(H,21,22,24)/t14-/m0/s1. The molecule has 1 aliphatic heterocycles. The van der Waals surface area contributed by atoms with Crippen molar-refractivity contribution in [1.29, 1.82) is 0 Å². The fraction of sp³-hybridized carbons (Fsp3) is 0.474. The Morgan fingerprint density at radius 2 is 2.08 bits per heavy atom. The maximum atomic E-state index is 12.3. The summed E-state index contributed by atoms with van der Waals surface area (Å²) in [5.74, 6) is 1.29. The third kappa shape index (κ3) is 5.53. The van der Waals surface area contributed by atoms with E-state index in [1.54, 1.807) is 6.92 Å². The van der Waals surface area contributed by atoms with Crippen LogP contribution in [0.1, 0.15) is 32.4 Å². The highest BCUT2D eigenvalue weighted by Crippen LogP contribution is 2.22. The van der Waals surface area contributed by atoms with Gasteiger partial charge in [0.15, 0.2) is 11.2 Å². The Morgan fingerprint density at radius 1 is 1.38 bits per heavy atom. The van der Waals surface area contributed by atoms with Crippen LogP contribution in [0.2, 0.25) is 0 Å². The van der Waals surface area contributed by atoms with Gasteiger partial charge in [0, 0.05) is 16.4 Å². The second-order valence-corrected chi connectivity index (χ2v) is 8.58. The topological polar surface area (TPSA) is 54.5 Å². The first kappa shape index (κ1) is 19.3. The zero-order valence-electron chi connectivity index (χ0n) is 15.1. The number of carbonyl (C=O) groups is 1. The van der Waals surface area contributed by atoms with Crippen molar-refractivity contribution < 1.29 is 9.53 Å². The second kappa shape index (κ2) is 8.97. The summed E-state index contributed by atoms with van der Waals surface area (Å²) < 4.78 is 6.65. The lowest BCUT2D eigenvalue weighted by Crippen LogP contribution is -2.32. The van der Waals surface area contributed by atoms with Crippen LogP contribution in [0.3, 0.4) is 0 Å². The van der Waals surface area contributed by atoms with E-state index < -0.39 is 6.10 Å². The molecule has 0 spiro atoms. The molecular weight excluding hydrogens is 414 g/mol. The number of anilines is 1. The molecule has 1 amide bonds. The van der Waals surface area contributed by atoms with Gasteiger partial charge in [0.1, 0.15) is 5.75 Å². The number of rotatable bonds is 6. The molecule has 0 radical (unpaired) electrons. The molecule has 0 unspecified atom stereocenters. The zero-order chi connectivity index (χ0) is 18.5. The van der Waals surface area contributed by atoms with E-state index in [2.05, 4.69) is 38.1 Å².